The second kappa shape index (κ2) is 11.0. The molecule has 1 rings (SSSR count). The molecule has 20 heavy (non-hydrogen) atoms. The molecule has 0 aliphatic carbocycles. The molecule has 0 aromatic carbocycles. The van der Waals surface area contributed by atoms with Crippen molar-refractivity contribution in [2.45, 2.75) is 20.8 Å². The molecule has 0 unspecified atom stereocenters. The number of carboxylic acids is 1. The Hall–Kier alpha value is -1.86. The third kappa shape index (κ3) is 6.35. The van der Waals surface area contributed by atoms with E-state index in [2.05, 4.69) is 20.2 Å². The first-order valence-electron chi connectivity index (χ1n) is 5.63. The van der Waals surface area contributed by atoms with Crippen LogP contribution in [0.2, 0.25) is 0 Å². The smallest absolute Gasteiger partial charge is 0.427 e. The largest absolute Gasteiger partial charge is 0.478 e. The molecular formula is C12H17N3O4V. The minimum absolute atomic E-state index is 0. The monoisotopic (exact) mass is 318 g/mol. The van der Waals surface area contributed by atoms with Gasteiger partial charge in [-0.1, -0.05) is 13.8 Å². The van der Waals surface area contributed by atoms with E-state index < -0.39 is 12.1 Å². The van der Waals surface area contributed by atoms with Gasteiger partial charge in [0, 0.05) is 24.8 Å². The molecule has 1 heterocycles. The number of carbonyl (C=O) groups is 2. The summed E-state index contributed by atoms with van der Waals surface area (Å²) in [4.78, 5) is 25.6. The number of aromatic carboxylic acids is 1. The van der Waals surface area contributed by atoms with E-state index in [0.29, 0.717) is 0 Å². The van der Waals surface area contributed by atoms with Crippen molar-refractivity contribution in [1.29, 1.82) is 0 Å². The van der Waals surface area contributed by atoms with Gasteiger partial charge in [0.25, 0.3) is 0 Å². The van der Waals surface area contributed by atoms with Crippen LogP contribution >= 0.6 is 0 Å². The number of nitrogens with one attached hydrogen (secondary N) is 1. The molecule has 0 saturated heterocycles. The third-order valence-corrected chi connectivity index (χ3v) is 1.88. The van der Waals surface area contributed by atoms with Crippen LogP contribution in [0, 0.1) is 0 Å². The Labute approximate surface area is 129 Å². The zero-order chi connectivity index (χ0) is 14.8. The minimum Gasteiger partial charge on any atom is -0.478 e. The topological polar surface area (TPSA) is 101 Å². The number of pyridine rings is 1. The molecule has 1 amide bonds. The van der Waals surface area contributed by atoms with Crippen LogP contribution < -0.4 is 5.43 Å². The average molecular weight is 318 g/mol. The summed E-state index contributed by atoms with van der Waals surface area (Å²) in [5.41, 5.74) is 2.57. The van der Waals surface area contributed by atoms with Gasteiger partial charge in [0.2, 0.25) is 0 Å². The molecule has 0 saturated carbocycles. The molecule has 0 atom stereocenters. The maximum absolute atomic E-state index is 10.9. The molecule has 1 aromatic heterocycles. The number of aromatic nitrogens is 1. The van der Waals surface area contributed by atoms with Crippen LogP contribution in [0.3, 0.4) is 0 Å². The number of hydrazone groups is 1. The van der Waals surface area contributed by atoms with Gasteiger partial charge < -0.3 is 9.84 Å². The summed E-state index contributed by atoms with van der Waals surface area (Å²) in [5.74, 6) is -1.11. The Balaban J connectivity index is 0. The number of carboxylic acid groups (broad SMARTS) is 1. The van der Waals surface area contributed by atoms with Crippen LogP contribution in [0.1, 0.15) is 36.8 Å². The Morgan fingerprint density at radius 3 is 2.50 bits per heavy atom. The van der Waals surface area contributed by atoms with Gasteiger partial charge in [-0.2, -0.15) is 5.10 Å². The van der Waals surface area contributed by atoms with Gasteiger partial charge in [-0.25, -0.2) is 15.0 Å². The van der Waals surface area contributed by atoms with Gasteiger partial charge in [0.15, 0.2) is 0 Å². The first-order valence-corrected chi connectivity index (χ1v) is 5.63. The molecule has 8 heteroatoms. The second-order valence-electron chi connectivity index (χ2n) is 3.01. The Morgan fingerprint density at radius 1 is 1.40 bits per heavy atom. The second-order valence-corrected chi connectivity index (χ2v) is 3.01. The molecule has 1 aromatic rings. The van der Waals surface area contributed by atoms with Gasteiger partial charge in [-0.3, -0.25) is 4.98 Å². The molecule has 0 fully saturated rings. The Bertz CT molecular complexity index is 478. The van der Waals surface area contributed by atoms with Crippen LogP contribution in [-0.4, -0.2) is 35.0 Å². The molecule has 1 radical (unpaired) electrons. The summed E-state index contributed by atoms with van der Waals surface area (Å²) in [6.07, 6.45) is 0.705. The van der Waals surface area contributed by atoms with Crippen molar-refractivity contribution in [1.82, 2.24) is 10.4 Å². The quantitative estimate of drug-likeness (QED) is 0.654. The molecule has 0 aliphatic heterocycles. The summed E-state index contributed by atoms with van der Waals surface area (Å²) in [5, 5.41) is 12.6. The van der Waals surface area contributed by atoms with E-state index in [1.165, 1.54) is 32.4 Å². The average Bonchev–Trinajstić information content (AvgIpc) is 2.46. The number of nitrogens with zero attached hydrogens (tertiary/aromatic N) is 2. The number of ether oxygens (including phenoxy) is 1. The maximum atomic E-state index is 10.9. The predicted molar refractivity (Wildman–Crippen MR) is 70.3 cm³/mol. The molecule has 109 valence electrons. The van der Waals surface area contributed by atoms with Gasteiger partial charge >= 0.3 is 12.1 Å². The van der Waals surface area contributed by atoms with E-state index in [0.717, 1.165) is 0 Å². The molecule has 2 N–H and O–H groups in total. The molecular weight excluding hydrogens is 301 g/mol. The van der Waals surface area contributed by atoms with Crippen molar-refractivity contribution < 1.29 is 38.0 Å². The SMILES string of the molecule is CC.COC(=O)N/N=C(\C)c1ncccc1C(=O)O.[V]. The van der Waals surface area contributed by atoms with Crippen LogP contribution in [0.25, 0.3) is 0 Å². The van der Waals surface area contributed by atoms with E-state index in [4.69, 9.17) is 5.11 Å². The summed E-state index contributed by atoms with van der Waals surface area (Å²) >= 11 is 0. The predicted octanol–water partition coefficient (Wildman–Crippen LogP) is 1.88. The van der Waals surface area contributed by atoms with Crippen LogP contribution in [0.4, 0.5) is 4.79 Å². The van der Waals surface area contributed by atoms with E-state index in [1.54, 1.807) is 0 Å². The van der Waals surface area contributed by atoms with Gasteiger partial charge in [-0.15, -0.1) is 0 Å². The maximum Gasteiger partial charge on any atom is 0.427 e. The molecule has 0 spiro atoms. The van der Waals surface area contributed by atoms with Gasteiger partial charge in [0.05, 0.1) is 18.4 Å². The van der Waals surface area contributed by atoms with Gasteiger partial charge in [0.1, 0.15) is 5.69 Å². The summed E-state index contributed by atoms with van der Waals surface area (Å²) in [6, 6.07) is 2.91. The number of amides is 1. The first kappa shape index (κ1) is 20.5. The van der Waals surface area contributed by atoms with Crippen molar-refractivity contribution >= 4 is 17.8 Å². The van der Waals surface area contributed by atoms with E-state index in [-0.39, 0.29) is 35.5 Å². The number of methoxy groups -OCH3 is 1. The molecule has 0 bridgehead atoms. The van der Waals surface area contributed by atoms with Crippen molar-refractivity contribution in [2.24, 2.45) is 5.10 Å². The summed E-state index contributed by atoms with van der Waals surface area (Å²) < 4.78 is 4.32. The molecule has 7 nitrogen and oxygen atoms in total. The number of hydrogen-bond donors (Lipinski definition) is 2. The first-order chi connectivity index (χ1) is 9.06. The van der Waals surface area contributed by atoms with Crippen molar-refractivity contribution in [3.05, 3.63) is 29.6 Å². The van der Waals surface area contributed by atoms with Crippen LogP contribution in [0.15, 0.2) is 23.4 Å². The Kier molecular flexibility index (Phi) is 11.3. The number of carbonyl (C=O) groups excluding carboxylic acids is 1. The van der Waals surface area contributed by atoms with Crippen molar-refractivity contribution in [2.75, 3.05) is 7.11 Å². The van der Waals surface area contributed by atoms with Crippen LogP contribution in [0.5, 0.6) is 0 Å². The van der Waals surface area contributed by atoms with E-state index >= 15 is 0 Å². The fourth-order valence-electron chi connectivity index (χ4n) is 1.09. The fourth-order valence-corrected chi connectivity index (χ4v) is 1.09. The number of rotatable bonds is 3. The Morgan fingerprint density at radius 2 is 2.00 bits per heavy atom. The minimum atomic E-state index is -1.11. The fraction of sp³-hybridized carbons (Fsp3) is 0.333. The summed E-state index contributed by atoms with van der Waals surface area (Å²) in [7, 11) is 1.20. The third-order valence-electron chi connectivity index (χ3n) is 1.88. The zero-order valence-electron chi connectivity index (χ0n) is 11.7. The van der Waals surface area contributed by atoms with E-state index in [9.17, 15) is 9.59 Å². The van der Waals surface area contributed by atoms with Crippen LogP contribution in [-0.2, 0) is 23.3 Å². The van der Waals surface area contributed by atoms with E-state index in [1.807, 2.05) is 13.8 Å². The van der Waals surface area contributed by atoms with Crippen molar-refractivity contribution in [3.8, 4) is 0 Å². The zero-order valence-corrected chi connectivity index (χ0v) is 13.1. The van der Waals surface area contributed by atoms with Gasteiger partial charge in [-0.05, 0) is 19.1 Å². The molecule has 0 aliphatic rings. The summed E-state index contributed by atoms with van der Waals surface area (Å²) in [6.45, 7) is 5.53. The normalized spacial score (nSPS) is 9.50. The number of hydrogen-bond acceptors (Lipinski definition) is 5. The van der Waals surface area contributed by atoms with Crippen molar-refractivity contribution in [3.63, 3.8) is 0 Å². The standard InChI is InChI=1S/C10H11N3O4.C2H6.V/c1-6(12-13-10(16)17-2)8-7(9(14)15)4-3-5-11-8;1-2;/h3-5H,1-2H3,(H,13,16)(H,14,15);1-2H3;/b12-6+;;.